The number of ketones is 2. The van der Waals surface area contributed by atoms with Gasteiger partial charge in [0.05, 0.1) is 29.4 Å². The predicted molar refractivity (Wildman–Crippen MR) is 107 cm³/mol. The number of amides is 1. The number of carbonyl (C=O) groups excluding carboxylic acids is 3. The van der Waals surface area contributed by atoms with E-state index < -0.39 is 17.5 Å². The fraction of sp³-hybridized carbons (Fsp3) is 0.286. The van der Waals surface area contributed by atoms with Crippen molar-refractivity contribution in [2.24, 2.45) is 0 Å². The molecule has 0 atom stereocenters. The van der Waals surface area contributed by atoms with E-state index in [1.54, 1.807) is 10.9 Å². The Balaban J connectivity index is 1.39. The van der Waals surface area contributed by atoms with Crippen LogP contribution < -0.4 is 5.32 Å². The Kier molecular flexibility index (Phi) is 5.69. The third-order valence-electron chi connectivity index (χ3n) is 4.91. The number of hydrogen-bond donors (Lipinski definition) is 1. The van der Waals surface area contributed by atoms with E-state index in [2.05, 4.69) is 15.6 Å². The first-order chi connectivity index (χ1) is 14.8. The van der Waals surface area contributed by atoms with Gasteiger partial charge in [0, 0.05) is 6.42 Å². The molecule has 3 aromatic rings. The molecule has 8 nitrogen and oxygen atoms in total. The maximum atomic E-state index is 13.3. The molecule has 160 valence electrons. The molecule has 0 spiro atoms. The number of carbonyl (C=O) groups is 3. The van der Waals surface area contributed by atoms with Crippen LogP contribution in [0, 0.1) is 12.7 Å². The zero-order valence-corrected chi connectivity index (χ0v) is 17.3. The minimum atomic E-state index is -0.901. The van der Waals surface area contributed by atoms with Crippen LogP contribution in [0.5, 0.6) is 0 Å². The van der Waals surface area contributed by atoms with Crippen molar-refractivity contribution < 1.29 is 23.2 Å². The number of benzene rings is 1. The highest BCUT2D eigenvalue weighted by molar-refractivity contribution is 6.42. The average Bonchev–Trinajstić information content (AvgIpc) is 3.35. The molecule has 31 heavy (non-hydrogen) atoms. The molecule has 0 aliphatic heterocycles. The van der Waals surface area contributed by atoms with E-state index in [1.165, 1.54) is 31.2 Å². The first kappa shape index (κ1) is 20.9. The van der Waals surface area contributed by atoms with Crippen molar-refractivity contribution in [2.45, 2.75) is 38.8 Å². The van der Waals surface area contributed by atoms with Gasteiger partial charge in [-0.05, 0) is 43.5 Å². The van der Waals surface area contributed by atoms with Crippen LogP contribution in [0.4, 0.5) is 4.39 Å². The average molecular weight is 445 g/mol. The number of nitrogens with zero attached hydrogens (tertiary/aromatic N) is 3. The minimum Gasteiger partial charge on any atom is -0.457 e. The van der Waals surface area contributed by atoms with Gasteiger partial charge in [0.25, 0.3) is 11.7 Å². The molecule has 4 rings (SSSR count). The summed E-state index contributed by atoms with van der Waals surface area (Å²) in [5, 5.41) is 10.3. The molecule has 1 aliphatic rings. The number of aromatic nitrogens is 3. The number of hydrogen-bond acceptors (Lipinski definition) is 6. The number of halogens is 2. The van der Waals surface area contributed by atoms with Gasteiger partial charge in [-0.25, -0.2) is 9.07 Å². The van der Waals surface area contributed by atoms with Gasteiger partial charge in [0.1, 0.15) is 17.3 Å². The molecular weight excluding hydrogens is 427 g/mol. The Morgan fingerprint density at radius 3 is 2.77 bits per heavy atom. The van der Waals surface area contributed by atoms with Gasteiger partial charge >= 0.3 is 0 Å². The highest BCUT2D eigenvalue weighted by atomic mass is 35.5. The number of rotatable bonds is 8. The summed E-state index contributed by atoms with van der Waals surface area (Å²) in [5.74, 6) is -2.73. The summed E-state index contributed by atoms with van der Waals surface area (Å²) in [6.07, 6.45) is 3.79. The van der Waals surface area contributed by atoms with E-state index in [9.17, 15) is 18.8 Å². The normalized spacial score (nSPS) is 13.3. The molecule has 2 aromatic heterocycles. The summed E-state index contributed by atoms with van der Waals surface area (Å²) >= 11 is 5.75. The summed E-state index contributed by atoms with van der Waals surface area (Å²) < 4.78 is 20.4. The van der Waals surface area contributed by atoms with Gasteiger partial charge in [0.2, 0.25) is 0 Å². The minimum absolute atomic E-state index is 0.0497. The molecule has 0 radical (unpaired) electrons. The van der Waals surface area contributed by atoms with Crippen molar-refractivity contribution in [1.29, 1.82) is 0 Å². The standard InChI is InChI=1S/C21H18ClFN4O4/c1-11-15(18(28)7-12-2-5-17(23)16(22)6-12)8-19(31-11)20(29)21(30)24-9-13-10-27(26-25-13)14-3-4-14/h2,5-6,8,10,14H,3-4,7,9H2,1H3,(H,24,30). The second-order valence-electron chi connectivity index (χ2n) is 7.36. The quantitative estimate of drug-likeness (QED) is 0.422. The fourth-order valence-corrected chi connectivity index (χ4v) is 3.28. The zero-order valence-electron chi connectivity index (χ0n) is 16.5. The van der Waals surface area contributed by atoms with Gasteiger partial charge < -0.3 is 9.73 Å². The van der Waals surface area contributed by atoms with E-state index in [4.69, 9.17) is 16.0 Å². The third-order valence-corrected chi connectivity index (χ3v) is 5.20. The summed E-state index contributed by atoms with van der Waals surface area (Å²) in [4.78, 5) is 37.2. The van der Waals surface area contributed by atoms with Crippen molar-refractivity contribution in [2.75, 3.05) is 0 Å². The Bertz CT molecular complexity index is 1180. The van der Waals surface area contributed by atoms with Crippen LogP contribution in [0.15, 0.2) is 34.9 Å². The monoisotopic (exact) mass is 444 g/mol. The molecule has 1 amide bonds. The SMILES string of the molecule is Cc1oc(C(=O)C(=O)NCc2cn(C3CC3)nn2)cc1C(=O)Cc1ccc(F)c(Cl)c1. The molecule has 10 heteroatoms. The van der Waals surface area contributed by atoms with E-state index >= 15 is 0 Å². The molecule has 0 unspecified atom stereocenters. The first-order valence-electron chi connectivity index (χ1n) is 9.62. The molecule has 1 fully saturated rings. The maximum Gasteiger partial charge on any atom is 0.296 e. The van der Waals surface area contributed by atoms with Gasteiger partial charge in [-0.3, -0.25) is 14.4 Å². The van der Waals surface area contributed by atoms with Crippen molar-refractivity contribution in [1.82, 2.24) is 20.3 Å². The molecule has 0 bridgehead atoms. The van der Waals surface area contributed by atoms with Crippen molar-refractivity contribution in [3.63, 3.8) is 0 Å². The van der Waals surface area contributed by atoms with Crippen molar-refractivity contribution in [3.05, 3.63) is 69.6 Å². The zero-order chi connectivity index (χ0) is 22.1. The molecule has 2 heterocycles. The van der Waals surface area contributed by atoms with Crippen LogP contribution in [-0.2, 0) is 17.8 Å². The molecular formula is C21H18ClFN4O4. The largest absolute Gasteiger partial charge is 0.457 e. The van der Waals surface area contributed by atoms with Gasteiger partial charge in [-0.1, -0.05) is 22.9 Å². The number of nitrogens with one attached hydrogen (secondary N) is 1. The highest BCUT2D eigenvalue weighted by Gasteiger charge is 2.26. The van der Waals surface area contributed by atoms with Gasteiger partial charge in [-0.2, -0.15) is 0 Å². The van der Waals surface area contributed by atoms with E-state index in [0.29, 0.717) is 17.3 Å². The van der Waals surface area contributed by atoms with Crippen LogP contribution in [0.3, 0.4) is 0 Å². The smallest absolute Gasteiger partial charge is 0.296 e. The fourth-order valence-electron chi connectivity index (χ4n) is 3.08. The lowest BCUT2D eigenvalue weighted by Gasteiger charge is -2.01. The first-order valence-corrected chi connectivity index (χ1v) is 10.0. The van der Waals surface area contributed by atoms with E-state index in [1.807, 2.05) is 0 Å². The Hall–Kier alpha value is -3.33. The molecule has 1 aromatic carbocycles. The summed E-state index contributed by atoms with van der Waals surface area (Å²) in [7, 11) is 0. The van der Waals surface area contributed by atoms with E-state index in [0.717, 1.165) is 12.8 Å². The maximum absolute atomic E-state index is 13.3. The lowest BCUT2D eigenvalue weighted by molar-refractivity contribution is -0.117. The van der Waals surface area contributed by atoms with Crippen LogP contribution in [-0.4, -0.2) is 32.5 Å². The number of furan rings is 1. The van der Waals surface area contributed by atoms with Crippen LogP contribution in [0.1, 0.15) is 56.8 Å². The number of Topliss-reactive ketones (excluding diaryl/α,β-unsaturated/α-hetero) is 2. The lowest BCUT2D eigenvalue weighted by Crippen LogP contribution is -2.30. The highest BCUT2D eigenvalue weighted by Crippen LogP contribution is 2.33. The van der Waals surface area contributed by atoms with Crippen LogP contribution in [0.2, 0.25) is 5.02 Å². The molecule has 1 saturated carbocycles. The Morgan fingerprint density at radius 1 is 1.29 bits per heavy atom. The summed E-state index contributed by atoms with van der Waals surface area (Å²) in [6.45, 7) is 1.57. The number of aryl methyl sites for hydroxylation is 1. The Morgan fingerprint density at radius 2 is 2.06 bits per heavy atom. The summed E-state index contributed by atoms with van der Waals surface area (Å²) in [5.41, 5.74) is 1.23. The lowest BCUT2D eigenvalue weighted by atomic mass is 10.0. The molecule has 1 N–H and O–H groups in total. The summed E-state index contributed by atoms with van der Waals surface area (Å²) in [6, 6.07) is 5.60. The van der Waals surface area contributed by atoms with Crippen LogP contribution >= 0.6 is 11.6 Å². The van der Waals surface area contributed by atoms with E-state index in [-0.39, 0.29) is 40.9 Å². The second kappa shape index (κ2) is 8.43. The topological polar surface area (TPSA) is 107 Å². The van der Waals surface area contributed by atoms with Crippen molar-refractivity contribution >= 4 is 29.1 Å². The second-order valence-corrected chi connectivity index (χ2v) is 7.77. The van der Waals surface area contributed by atoms with Crippen molar-refractivity contribution in [3.8, 4) is 0 Å². The Labute approximate surface area is 181 Å². The van der Waals surface area contributed by atoms with Crippen LogP contribution in [0.25, 0.3) is 0 Å². The van der Waals surface area contributed by atoms with Gasteiger partial charge in [-0.15, -0.1) is 5.10 Å². The predicted octanol–water partition coefficient (Wildman–Crippen LogP) is 3.23. The third kappa shape index (κ3) is 4.72. The molecule has 1 aliphatic carbocycles. The molecule has 0 saturated heterocycles. The van der Waals surface area contributed by atoms with Gasteiger partial charge in [0.15, 0.2) is 11.5 Å².